The Hall–Kier alpha value is -2.85. The van der Waals surface area contributed by atoms with Crippen molar-refractivity contribution in [3.05, 3.63) is 46.6 Å². The van der Waals surface area contributed by atoms with Gasteiger partial charge in [-0.25, -0.2) is 4.98 Å². The molecule has 3 aliphatic rings. The number of anilines is 3. The fourth-order valence-electron chi connectivity index (χ4n) is 5.61. The van der Waals surface area contributed by atoms with Crippen molar-refractivity contribution in [3.63, 3.8) is 0 Å². The Labute approximate surface area is 212 Å². The second-order valence-electron chi connectivity index (χ2n) is 9.73. The summed E-state index contributed by atoms with van der Waals surface area (Å²) in [5.74, 6) is -1.41. The van der Waals surface area contributed by atoms with Crippen LogP contribution in [-0.4, -0.2) is 55.6 Å². The van der Waals surface area contributed by atoms with E-state index in [9.17, 15) is 22.8 Å². The highest BCUT2D eigenvalue weighted by Gasteiger charge is 2.49. The Kier molecular flexibility index (Phi) is 6.36. The average molecular weight is 522 g/mol. The quantitative estimate of drug-likeness (QED) is 0.661. The van der Waals surface area contributed by atoms with E-state index in [0.717, 1.165) is 42.1 Å². The molecule has 2 aromatic rings. The van der Waals surface area contributed by atoms with E-state index >= 15 is 0 Å². The number of hydrogen-bond acceptors (Lipinski definition) is 5. The Morgan fingerprint density at radius 2 is 2.00 bits per heavy atom. The Morgan fingerprint density at radius 3 is 2.69 bits per heavy atom. The number of para-hydroxylation sites is 1. The van der Waals surface area contributed by atoms with Crippen molar-refractivity contribution in [2.24, 2.45) is 5.92 Å². The number of fused-ring (bicyclic) bond motifs is 2. The number of nitrogens with one attached hydrogen (secondary N) is 1. The van der Waals surface area contributed by atoms with Crippen LogP contribution in [0.4, 0.5) is 30.4 Å². The Morgan fingerprint density at radius 1 is 1.22 bits per heavy atom. The highest BCUT2D eigenvalue weighted by molar-refractivity contribution is 6.34. The van der Waals surface area contributed by atoms with Crippen LogP contribution in [-0.2, 0) is 15.8 Å². The van der Waals surface area contributed by atoms with Gasteiger partial charge in [-0.05, 0) is 50.6 Å². The van der Waals surface area contributed by atoms with Gasteiger partial charge < -0.3 is 15.1 Å². The SMILES string of the molecule is Cc1cc(C(F)(F)F)cc(N2C(=O)C[C@@H]3CN(C[C@@H]4CCCN4)c4c(Cl)cccc4N(C)C(=O)[C@H]32)n1. The first-order chi connectivity index (χ1) is 17.0. The van der Waals surface area contributed by atoms with Gasteiger partial charge in [0.2, 0.25) is 11.8 Å². The summed E-state index contributed by atoms with van der Waals surface area (Å²) in [6, 6.07) is 6.35. The summed E-state index contributed by atoms with van der Waals surface area (Å²) in [6.07, 6.45) is -2.52. The van der Waals surface area contributed by atoms with Gasteiger partial charge in [-0.3, -0.25) is 14.5 Å². The topological polar surface area (TPSA) is 68.8 Å². The molecule has 0 saturated carbocycles. The lowest BCUT2D eigenvalue weighted by molar-refractivity contribution is -0.137. The van der Waals surface area contributed by atoms with E-state index in [1.165, 1.54) is 11.8 Å². The molecule has 11 heteroatoms. The average Bonchev–Trinajstić information content (AvgIpc) is 3.43. The van der Waals surface area contributed by atoms with E-state index in [2.05, 4.69) is 15.2 Å². The van der Waals surface area contributed by atoms with Crippen molar-refractivity contribution in [3.8, 4) is 0 Å². The minimum absolute atomic E-state index is 0.0234. The summed E-state index contributed by atoms with van der Waals surface area (Å²) in [7, 11) is 1.61. The van der Waals surface area contributed by atoms with Gasteiger partial charge in [-0.2, -0.15) is 13.2 Å². The lowest BCUT2D eigenvalue weighted by Crippen LogP contribution is -2.53. The highest BCUT2D eigenvalue weighted by Crippen LogP contribution is 2.43. The molecule has 1 aromatic carbocycles. The number of alkyl halides is 3. The van der Waals surface area contributed by atoms with E-state index in [-0.39, 0.29) is 29.9 Å². The van der Waals surface area contributed by atoms with Gasteiger partial charge in [-0.1, -0.05) is 17.7 Å². The third kappa shape index (κ3) is 4.41. The fourth-order valence-corrected chi connectivity index (χ4v) is 5.90. The zero-order valence-corrected chi connectivity index (χ0v) is 20.7. The molecule has 36 heavy (non-hydrogen) atoms. The molecule has 2 amide bonds. The minimum Gasteiger partial charge on any atom is -0.367 e. The smallest absolute Gasteiger partial charge is 0.367 e. The zero-order valence-electron chi connectivity index (χ0n) is 20.0. The van der Waals surface area contributed by atoms with Crippen LogP contribution >= 0.6 is 11.6 Å². The molecule has 2 fully saturated rings. The van der Waals surface area contributed by atoms with E-state index in [1.807, 2.05) is 0 Å². The lowest BCUT2D eigenvalue weighted by atomic mass is 9.95. The molecule has 1 N–H and O–H groups in total. The zero-order chi connectivity index (χ0) is 25.8. The Bertz CT molecular complexity index is 1200. The predicted octanol–water partition coefficient (Wildman–Crippen LogP) is 4.02. The number of aryl methyl sites for hydroxylation is 1. The van der Waals surface area contributed by atoms with E-state index in [0.29, 0.717) is 23.8 Å². The first-order valence-corrected chi connectivity index (χ1v) is 12.3. The number of carbonyl (C=O) groups excluding carboxylic acids is 2. The summed E-state index contributed by atoms with van der Waals surface area (Å²) >= 11 is 6.64. The molecule has 0 aliphatic carbocycles. The third-order valence-electron chi connectivity index (χ3n) is 7.23. The Balaban J connectivity index is 1.59. The standard InChI is InChI=1S/C25H27ClF3N5O2/c1-14-9-16(25(27,28)29)11-20(31-14)34-21(35)10-15-12-33(13-17-5-4-8-30-17)23-18(26)6-3-7-19(23)32(2)24(36)22(15)34/h3,6-7,9,11,15,17,22,30H,4-5,8,10,12-13H2,1-2H3/t15-,17+,22+/m1/s1. The molecule has 5 rings (SSSR count). The maximum atomic E-state index is 13.8. The number of carbonyl (C=O) groups is 2. The number of hydrogen-bond donors (Lipinski definition) is 1. The van der Waals surface area contributed by atoms with Crippen molar-refractivity contribution < 1.29 is 22.8 Å². The molecule has 3 aliphatic heterocycles. The first kappa shape index (κ1) is 24.8. The van der Waals surface area contributed by atoms with Gasteiger partial charge in [0.15, 0.2) is 0 Å². The molecule has 0 bridgehead atoms. The number of aromatic nitrogens is 1. The molecule has 1 aromatic heterocycles. The molecule has 0 radical (unpaired) electrons. The third-order valence-corrected chi connectivity index (χ3v) is 7.53. The van der Waals surface area contributed by atoms with E-state index in [1.54, 1.807) is 25.2 Å². The second kappa shape index (κ2) is 9.23. The van der Waals surface area contributed by atoms with Crippen molar-refractivity contribution in [1.29, 1.82) is 0 Å². The molecule has 7 nitrogen and oxygen atoms in total. The molecule has 0 spiro atoms. The van der Waals surface area contributed by atoms with Crippen LogP contribution in [0.5, 0.6) is 0 Å². The molecule has 2 saturated heterocycles. The van der Waals surface area contributed by atoms with E-state index in [4.69, 9.17) is 11.6 Å². The molecule has 3 atom stereocenters. The van der Waals surface area contributed by atoms with E-state index < -0.39 is 29.6 Å². The lowest BCUT2D eigenvalue weighted by Gasteiger charge is -2.40. The summed E-state index contributed by atoms with van der Waals surface area (Å²) in [4.78, 5) is 36.0. The van der Waals surface area contributed by atoms with Gasteiger partial charge in [0.05, 0.1) is 22.0 Å². The fraction of sp³-hybridized carbons (Fsp3) is 0.480. The largest absolute Gasteiger partial charge is 0.416 e. The summed E-state index contributed by atoms with van der Waals surface area (Å²) < 4.78 is 40.6. The van der Waals surface area contributed by atoms with Crippen LogP contribution in [0.3, 0.4) is 0 Å². The number of likely N-dealkylation sites (N-methyl/N-ethyl adjacent to an activating group) is 1. The first-order valence-electron chi connectivity index (χ1n) is 12.0. The van der Waals surface area contributed by atoms with Crippen LogP contribution in [0.2, 0.25) is 5.02 Å². The number of nitrogens with zero attached hydrogens (tertiary/aromatic N) is 4. The van der Waals surface area contributed by atoms with Gasteiger partial charge in [-0.15, -0.1) is 0 Å². The summed E-state index contributed by atoms with van der Waals surface area (Å²) in [5.41, 5.74) is 0.533. The van der Waals surface area contributed by atoms with Gasteiger partial charge >= 0.3 is 6.18 Å². The highest BCUT2D eigenvalue weighted by atomic mass is 35.5. The van der Waals surface area contributed by atoms with Gasteiger partial charge in [0.25, 0.3) is 0 Å². The number of pyridine rings is 1. The number of rotatable bonds is 3. The van der Waals surface area contributed by atoms with Crippen LogP contribution in [0, 0.1) is 12.8 Å². The van der Waals surface area contributed by atoms with Crippen molar-refractivity contribution in [2.45, 2.75) is 44.4 Å². The summed E-state index contributed by atoms with van der Waals surface area (Å²) in [6.45, 7) is 3.36. The van der Waals surface area contributed by atoms with Crippen molar-refractivity contribution in [1.82, 2.24) is 10.3 Å². The molecule has 0 unspecified atom stereocenters. The van der Waals surface area contributed by atoms with Gasteiger partial charge in [0, 0.05) is 44.2 Å². The maximum absolute atomic E-state index is 13.8. The summed E-state index contributed by atoms with van der Waals surface area (Å²) in [5, 5.41) is 3.98. The minimum atomic E-state index is -4.60. The number of benzene rings is 1. The maximum Gasteiger partial charge on any atom is 0.416 e. The van der Waals surface area contributed by atoms with Crippen molar-refractivity contribution >= 4 is 40.6 Å². The number of amides is 2. The predicted molar refractivity (Wildman–Crippen MR) is 131 cm³/mol. The van der Waals surface area contributed by atoms with Crippen LogP contribution in [0.25, 0.3) is 0 Å². The molecule has 192 valence electrons. The molecule has 4 heterocycles. The monoisotopic (exact) mass is 521 g/mol. The van der Waals surface area contributed by atoms with Crippen LogP contribution < -0.4 is 20.0 Å². The van der Waals surface area contributed by atoms with Gasteiger partial charge in [0.1, 0.15) is 11.9 Å². The van der Waals surface area contributed by atoms with Crippen molar-refractivity contribution in [2.75, 3.05) is 41.4 Å². The molecular formula is C25H27ClF3N5O2. The normalized spacial score (nSPS) is 24.6. The number of halogens is 4. The second-order valence-corrected chi connectivity index (χ2v) is 10.1. The van der Waals surface area contributed by atoms with Crippen LogP contribution in [0.1, 0.15) is 30.5 Å². The van der Waals surface area contributed by atoms with Crippen LogP contribution in [0.15, 0.2) is 30.3 Å². The molecular weight excluding hydrogens is 495 g/mol.